The van der Waals surface area contributed by atoms with Crippen molar-refractivity contribution < 1.29 is 9.90 Å². The smallest absolute Gasteiger partial charge is 0.238 e. The summed E-state index contributed by atoms with van der Waals surface area (Å²) in [5, 5.41) is 15.8. The molecule has 2 rings (SSSR count). The first-order valence-electron chi connectivity index (χ1n) is 7.34. The topological polar surface area (TPSA) is 61.4 Å². The first kappa shape index (κ1) is 15.0. The van der Waals surface area contributed by atoms with E-state index in [1.807, 2.05) is 30.3 Å². The van der Waals surface area contributed by atoms with Gasteiger partial charge in [0.1, 0.15) is 0 Å². The van der Waals surface area contributed by atoms with Crippen LogP contribution in [-0.4, -0.2) is 29.7 Å². The number of aliphatic hydroxyl groups is 1. The minimum absolute atomic E-state index is 0.0674. The minimum Gasteiger partial charge on any atom is -0.394 e. The molecule has 3 N–H and O–H groups in total. The van der Waals surface area contributed by atoms with Crippen LogP contribution in [-0.2, 0) is 4.79 Å². The van der Waals surface area contributed by atoms with Gasteiger partial charge in [0.15, 0.2) is 0 Å². The molecule has 4 nitrogen and oxygen atoms in total. The number of anilines is 1. The van der Waals surface area contributed by atoms with E-state index in [0.717, 1.165) is 24.9 Å². The molecule has 1 fully saturated rings. The zero-order valence-electron chi connectivity index (χ0n) is 12.1. The van der Waals surface area contributed by atoms with E-state index in [2.05, 4.69) is 17.6 Å². The molecule has 0 aliphatic heterocycles. The van der Waals surface area contributed by atoms with Crippen LogP contribution in [0.3, 0.4) is 0 Å². The van der Waals surface area contributed by atoms with Crippen molar-refractivity contribution in [3.05, 3.63) is 30.3 Å². The number of para-hydroxylation sites is 1. The maximum atomic E-state index is 11.9. The van der Waals surface area contributed by atoms with Gasteiger partial charge in [0.2, 0.25) is 5.91 Å². The summed E-state index contributed by atoms with van der Waals surface area (Å²) in [7, 11) is 0. The SMILES string of the molecule is CC1CCCC(CO)(NCC(=O)Nc2ccccc2)C1. The minimum atomic E-state index is -0.286. The summed E-state index contributed by atoms with van der Waals surface area (Å²) >= 11 is 0. The summed E-state index contributed by atoms with van der Waals surface area (Å²) in [6, 6.07) is 9.42. The third kappa shape index (κ3) is 4.05. The molecule has 1 aliphatic rings. The zero-order chi connectivity index (χ0) is 14.4. The van der Waals surface area contributed by atoms with E-state index >= 15 is 0 Å². The fourth-order valence-electron chi connectivity index (χ4n) is 3.01. The Balaban J connectivity index is 1.85. The molecule has 1 saturated carbocycles. The number of amides is 1. The van der Waals surface area contributed by atoms with Crippen molar-refractivity contribution in [2.75, 3.05) is 18.5 Å². The predicted octanol–water partition coefficient (Wildman–Crippen LogP) is 2.16. The Morgan fingerprint density at radius 3 is 2.80 bits per heavy atom. The number of benzene rings is 1. The third-order valence-corrected chi connectivity index (χ3v) is 4.08. The maximum Gasteiger partial charge on any atom is 0.238 e. The Bertz CT molecular complexity index is 435. The van der Waals surface area contributed by atoms with Crippen LogP contribution in [0, 0.1) is 5.92 Å². The second-order valence-corrected chi connectivity index (χ2v) is 5.91. The fraction of sp³-hybridized carbons (Fsp3) is 0.562. The van der Waals surface area contributed by atoms with Gasteiger partial charge < -0.3 is 15.7 Å². The van der Waals surface area contributed by atoms with Crippen LogP contribution in [0.15, 0.2) is 30.3 Å². The molecule has 20 heavy (non-hydrogen) atoms. The summed E-state index contributed by atoms with van der Waals surface area (Å²) in [5.74, 6) is 0.530. The molecule has 0 aromatic heterocycles. The van der Waals surface area contributed by atoms with Crippen molar-refractivity contribution in [1.29, 1.82) is 0 Å². The number of hydrogen-bond acceptors (Lipinski definition) is 3. The van der Waals surface area contributed by atoms with Gasteiger partial charge in [-0.25, -0.2) is 0 Å². The monoisotopic (exact) mass is 276 g/mol. The molecule has 0 spiro atoms. The van der Waals surface area contributed by atoms with Crippen molar-refractivity contribution in [2.45, 2.75) is 38.1 Å². The van der Waals surface area contributed by atoms with Gasteiger partial charge in [-0.2, -0.15) is 0 Å². The van der Waals surface area contributed by atoms with Gasteiger partial charge in [-0.15, -0.1) is 0 Å². The predicted molar refractivity (Wildman–Crippen MR) is 80.5 cm³/mol. The van der Waals surface area contributed by atoms with Crippen molar-refractivity contribution in [2.24, 2.45) is 5.92 Å². The summed E-state index contributed by atoms with van der Waals surface area (Å²) in [6.07, 6.45) is 4.18. The first-order valence-corrected chi connectivity index (χ1v) is 7.34. The lowest BCUT2D eigenvalue weighted by Gasteiger charge is -2.39. The van der Waals surface area contributed by atoms with Gasteiger partial charge in [0.05, 0.1) is 13.2 Å². The fourth-order valence-corrected chi connectivity index (χ4v) is 3.01. The Morgan fingerprint density at radius 1 is 1.40 bits per heavy atom. The molecule has 1 aromatic rings. The van der Waals surface area contributed by atoms with E-state index in [0.29, 0.717) is 5.92 Å². The van der Waals surface area contributed by atoms with Crippen LogP contribution in [0.1, 0.15) is 32.6 Å². The Hall–Kier alpha value is -1.39. The number of carbonyl (C=O) groups excluding carboxylic acids is 1. The van der Waals surface area contributed by atoms with E-state index in [1.165, 1.54) is 6.42 Å². The van der Waals surface area contributed by atoms with E-state index in [9.17, 15) is 9.90 Å². The van der Waals surface area contributed by atoms with Gasteiger partial charge in [0, 0.05) is 11.2 Å². The molecule has 1 aromatic carbocycles. The van der Waals surface area contributed by atoms with E-state index in [4.69, 9.17) is 0 Å². The van der Waals surface area contributed by atoms with Crippen LogP contribution in [0.5, 0.6) is 0 Å². The van der Waals surface area contributed by atoms with Gasteiger partial charge in [-0.05, 0) is 30.9 Å². The summed E-state index contributed by atoms with van der Waals surface area (Å²) < 4.78 is 0. The molecule has 2 atom stereocenters. The summed E-state index contributed by atoms with van der Waals surface area (Å²) in [6.45, 7) is 2.54. The molecule has 0 bridgehead atoms. The van der Waals surface area contributed by atoms with E-state index in [1.54, 1.807) is 0 Å². The van der Waals surface area contributed by atoms with E-state index in [-0.39, 0.29) is 24.6 Å². The van der Waals surface area contributed by atoms with Crippen LogP contribution in [0.4, 0.5) is 5.69 Å². The van der Waals surface area contributed by atoms with Crippen LogP contribution in [0.25, 0.3) is 0 Å². The van der Waals surface area contributed by atoms with Crippen LogP contribution >= 0.6 is 0 Å². The molecular formula is C16H24N2O2. The second kappa shape index (κ2) is 6.86. The molecule has 2 unspecified atom stereocenters. The highest BCUT2D eigenvalue weighted by atomic mass is 16.3. The Labute approximate surface area is 120 Å². The number of carbonyl (C=O) groups is 1. The molecule has 0 radical (unpaired) electrons. The van der Waals surface area contributed by atoms with Crippen molar-refractivity contribution in [3.63, 3.8) is 0 Å². The standard InChI is InChI=1S/C16H24N2O2/c1-13-6-5-9-16(10-13,12-19)17-11-15(20)18-14-7-3-2-4-8-14/h2-4,7-8,13,17,19H,5-6,9-12H2,1H3,(H,18,20). The quantitative estimate of drug-likeness (QED) is 0.772. The molecule has 0 saturated heterocycles. The first-order chi connectivity index (χ1) is 9.63. The highest BCUT2D eigenvalue weighted by Gasteiger charge is 2.34. The van der Waals surface area contributed by atoms with Crippen LogP contribution < -0.4 is 10.6 Å². The average molecular weight is 276 g/mol. The lowest BCUT2D eigenvalue weighted by molar-refractivity contribution is -0.116. The Kier molecular flexibility index (Phi) is 5.15. The summed E-state index contributed by atoms with van der Waals surface area (Å²) in [5.41, 5.74) is 0.514. The van der Waals surface area contributed by atoms with Gasteiger partial charge >= 0.3 is 0 Å². The molecule has 4 heteroatoms. The maximum absolute atomic E-state index is 11.9. The van der Waals surface area contributed by atoms with Gasteiger partial charge in [0.25, 0.3) is 0 Å². The molecule has 110 valence electrons. The largest absolute Gasteiger partial charge is 0.394 e. The van der Waals surface area contributed by atoms with Crippen LogP contribution in [0.2, 0.25) is 0 Å². The molecule has 0 heterocycles. The lowest BCUT2D eigenvalue weighted by Crippen LogP contribution is -2.53. The third-order valence-electron chi connectivity index (χ3n) is 4.08. The lowest BCUT2D eigenvalue weighted by atomic mass is 9.77. The number of hydrogen-bond donors (Lipinski definition) is 3. The van der Waals surface area contributed by atoms with Crippen molar-refractivity contribution in [3.8, 4) is 0 Å². The number of rotatable bonds is 5. The zero-order valence-corrected chi connectivity index (χ0v) is 12.1. The highest BCUT2D eigenvalue weighted by molar-refractivity contribution is 5.92. The molecule has 1 aliphatic carbocycles. The molecular weight excluding hydrogens is 252 g/mol. The second-order valence-electron chi connectivity index (χ2n) is 5.91. The number of aliphatic hydroxyl groups excluding tert-OH is 1. The normalized spacial score (nSPS) is 26.2. The average Bonchev–Trinajstić information content (AvgIpc) is 2.46. The Morgan fingerprint density at radius 2 is 2.15 bits per heavy atom. The van der Waals surface area contributed by atoms with Crippen molar-refractivity contribution >= 4 is 11.6 Å². The van der Waals surface area contributed by atoms with Gasteiger partial charge in [-0.1, -0.05) is 38.0 Å². The number of nitrogens with one attached hydrogen (secondary N) is 2. The van der Waals surface area contributed by atoms with E-state index < -0.39 is 0 Å². The van der Waals surface area contributed by atoms with Crippen molar-refractivity contribution in [1.82, 2.24) is 5.32 Å². The van der Waals surface area contributed by atoms with Gasteiger partial charge in [-0.3, -0.25) is 4.79 Å². The summed E-state index contributed by atoms with van der Waals surface area (Å²) in [4.78, 5) is 11.9. The highest BCUT2D eigenvalue weighted by Crippen LogP contribution is 2.31. The molecule has 1 amide bonds.